The minimum atomic E-state index is -3.78. The molecule has 24 heavy (non-hydrogen) atoms. The lowest BCUT2D eigenvalue weighted by Gasteiger charge is -2.17. The summed E-state index contributed by atoms with van der Waals surface area (Å²) < 4.78 is 39.8. The Balaban J connectivity index is 2.10. The number of nitrogens with one attached hydrogen (secondary N) is 1. The number of nitrogens with zero attached hydrogens (tertiary/aromatic N) is 1. The number of carbonyl (C=O) groups excluding carboxylic acids is 1. The van der Waals surface area contributed by atoms with Crippen LogP contribution in [0.3, 0.4) is 0 Å². The van der Waals surface area contributed by atoms with Gasteiger partial charge >= 0.3 is 0 Å². The predicted molar refractivity (Wildman–Crippen MR) is 93.7 cm³/mol. The number of hydrogen-bond donors (Lipinski definition) is 1. The molecule has 8 heteroatoms. The van der Waals surface area contributed by atoms with E-state index in [9.17, 15) is 17.6 Å². The molecule has 2 aromatic carbocycles. The average Bonchev–Trinajstić information content (AvgIpc) is 2.51. The van der Waals surface area contributed by atoms with Gasteiger partial charge in [0.2, 0.25) is 15.9 Å². The molecule has 1 amide bonds. The van der Waals surface area contributed by atoms with Crippen LogP contribution >= 0.6 is 15.9 Å². The Morgan fingerprint density at radius 1 is 1.21 bits per heavy atom. The van der Waals surface area contributed by atoms with Crippen molar-refractivity contribution in [2.75, 3.05) is 18.9 Å². The monoisotopic (exact) mass is 414 g/mol. The highest BCUT2D eigenvalue weighted by Gasteiger charge is 2.23. The topological polar surface area (TPSA) is 66.5 Å². The van der Waals surface area contributed by atoms with Crippen LogP contribution in [-0.2, 0) is 14.8 Å². The molecule has 2 aromatic rings. The van der Waals surface area contributed by atoms with Crippen LogP contribution in [0.15, 0.2) is 51.8 Å². The Labute approximate surface area is 148 Å². The van der Waals surface area contributed by atoms with Crippen LogP contribution < -0.4 is 5.32 Å². The van der Waals surface area contributed by atoms with Gasteiger partial charge in [-0.05, 0) is 48.9 Å². The van der Waals surface area contributed by atoms with Gasteiger partial charge in [0.1, 0.15) is 5.82 Å². The largest absolute Gasteiger partial charge is 0.325 e. The summed E-state index contributed by atoms with van der Waals surface area (Å²) in [5.41, 5.74) is 0.998. The summed E-state index contributed by atoms with van der Waals surface area (Å²) in [6.07, 6.45) is 0. The maximum atomic E-state index is 13.2. The Morgan fingerprint density at radius 2 is 1.83 bits per heavy atom. The van der Waals surface area contributed by atoms with Crippen LogP contribution in [-0.4, -0.2) is 32.2 Å². The smallest absolute Gasteiger partial charge is 0.243 e. The van der Waals surface area contributed by atoms with E-state index in [2.05, 4.69) is 21.2 Å². The van der Waals surface area contributed by atoms with Gasteiger partial charge in [0.25, 0.3) is 0 Å². The van der Waals surface area contributed by atoms with Gasteiger partial charge in [-0.3, -0.25) is 4.79 Å². The summed E-state index contributed by atoms with van der Waals surface area (Å²) in [4.78, 5) is 12.2. The van der Waals surface area contributed by atoms with E-state index in [1.807, 2.05) is 0 Å². The van der Waals surface area contributed by atoms with Crippen LogP contribution in [0.2, 0.25) is 0 Å². The Kier molecular flexibility index (Phi) is 5.74. The first kappa shape index (κ1) is 18.6. The van der Waals surface area contributed by atoms with Gasteiger partial charge in [-0.15, -0.1) is 0 Å². The normalized spacial score (nSPS) is 11.5. The molecule has 0 aliphatic rings. The molecule has 0 heterocycles. The molecule has 0 saturated carbocycles. The number of halogens is 2. The van der Waals surface area contributed by atoms with Gasteiger partial charge in [-0.25, -0.2) is 12.8 Å². The summed E-state index contributed by atoms with van der Waals surface area (Å²) in [7, 11) is -2.47. The zero-order valence-electron chi connectivity index (χ0n) is 13.1. The van der Waals surface area contributed by atoms with Gasteiger partial charge in [-0.1, -0.05) is 22.0 Å². The second-order valence-corrected chi connectivity index (χ2v) is 8.18. The summed E-state index contributed by atoms with van der Waals surface area (Å²) in [6.45, 7) is 1.34. The second kappa shape index (κ2) is 7.42. The van der Waals surface area contributed by atoms with Crippen LogP contribution in [0.1, 0.15) is 5.56 Å². The lowest BCUT2D eigenvalue weighted by Crippen LogP contribution is -2.35. The third-order valence-corrected chi connectivity index (χ3v) is 5.71. The lowest BCUT2D eigenvalue weighted by molar-refractivity contribution is -0.116. The standard InChI is InChI=1S/C16H16BrFN2O3S/c1-11-3-6-13(18)9-15(11)19-16(21)10-20(2)24(22,23)14-7-4-12(17)5-8-14/h3-9H,10H2,1-2H3,(H,19,21). The molecule has 0 atom stereocenters. The van der Waals surface area contributed by atoms with Crippen molar-refractivity contribution in [2.24, 2.45) is 0 Å². The molecule has 0 aromatic heterocycles. The maximum Gasteiger partial charge on any atom is 0.243 e. The van der Waals surface area contributed by atoms with Gasteiger partial charge in [-0.2, -0.15) is 4.31 Å². The molecular formula is C16H16BrFN2O3S. The Hall–Kier alpha value is -1.77. The van der Waals surface area contributed by atoms with Crippen molar-refractivity contribution >= 4 is 37.5 Å². The summed E-state index contributed by atoms with van der Waals surface area (Å²) in [6, 6.07) is 10.1. The second-order valence-electron chi connectivity index (χ2n) is 5.22. The molecular weight excluding hydrogens is 399 g/mol. The quantitative estimate of drug-likeness (QED) is 0.816. The van der Waals surface area contributed by atoms with E-state index in [4.69, 9.17) is 0 Å². The summed E-state index contributed by atoms with van der Waals surface area (Å²) in [5.74, 6) is -1.03. The molecule has 0 unspecified atom stereocenters. The first-order chi connectivity index (χ1) is 11.2. The van der Waals surface area contributed by atoms with E-state index in [1.165, 1.54) is 37.4 Å². The van der Waals surface area contributed by atoms with E-state index in [0.717, 1.165) is 8.78 Å². The fourth-order valence-corrected chi connectivity index (χ4v) is 3.38. The number of sulfonamides is 1. The molecule has 0 saturated heterocycles. The van der Waals surface area contributed by atoms with Gasteiger partial charge in [0.05, 0.1) is 11.4 Å². The van der Waals surface area contributed by atoms with Crippen molar-refractivity contribution in [3.05, 3.63) is 58.3 Å². The lowest BCUT2D eigenvalue weighted by atomic mass is 10.2. The number of aryl methyl sites for hydroxylation is 1. The number of hydrogen-bond acceptors (Lipinski definition) is 3. The van der Waals surface area contributed by atoms with Crippen molar-refractivity contribution in [3.63, 3.8) is 0 Å². The predicted octanol–water partition coefficient (Wildman–Crippen LogP) is 3.16. The summed E-state index contributed by atoms with van der Waals surface area (Å²) in [5, 5.41) is 2.52. The van der Waals surface area contributed by atoms with Gasteiger partial charge in [0.15, 0.2) is 0 Å². The van der Waals surface area contributed by atoms with Gasteiger partial charge in [0, 0.05) is 17.2 Å². The number of anilines is 1. The van der Waals surface area contributed by atoms with Gasteiger partial charge < -0.3 is 5.32 Å². The fourth-order valence-electron chi connectivity index (χ4n) is 1.99. The molecule has 5 nitrogen and oxygen atoms in total. The highest BCUT2D eigenvalue weighted by atomic mass is 79.9. The van der Waals surface area contributed by atoms with Crippen LogP contribution in [0.5, 0.6) is 0 Å². The zero-order valence-corrected chi connectivity index (χ0v) is 15.5. The van der Waals surface area contributed by atoms with Crippen LogP contribution in [0.4, 0.5) is 10.1 Å². The van der Waals surface area contributed by atoms with Crippen molar-refractivity contribution < 1.29 is 17.6 Å². The van der Waals surface area contributed by atoms with Crippen LogP contribution in [0.25, 0.3) is 0 Å². The van der Waals surface area contributed by atoms with E-state index >= 15 is 0 Å². The molecule has 0 aliphatic heterocycles. The summed E-state index contributed by atoms with van der Waals surface area (Å²) >= 11 is 3.24. The minimum Gasteiger partial charge on any atom is -0.325 e. The number of benzene rings is 2. The van der Waals surface area contributed by atoms with E-state index in [-0.39, 0.29) is 11.4 Å². The molecule has 128 valence electrons. The van der Waals surface area contributed by atoms with Crippen molar-refractivity contribution in [1.29, 1.82) is 0 Å². The highest BCUT2D eigenvalue weighted by Crippen LogP contribution is 2.19. The molecule has 1 N–H and O–H groups in total. The number of rotatable bonds is 5. The SMILES string of the molecule is Cc1ccc(F)cc1NC(=O)CN(C)S(=O)(=O)c1ccc(Br)cc1. The van der Waals surface area contributed by atoms with E-state index < -0.39 is 21.7 Å². The maximum absolute atomic E-state index is 13.2. The Morgan fingerprint density at radius 3 is 2.46 bits per heavy atom. The Bertz CT molecular complexity index is 854. The van der Waals surface area contributed by atoms with Crippen molar-refractivity contribution in [1.82, 2.24) is 4.31 Å². The molecule has 0 bridgehead atoms. The third kappa shape index (κ3) is 4.40. The molecule has 2 rings (SSSR count). The number of carbonyl (C=O) groups is 1. The third-order valence-electron chi connectivity index (χ3n) is 3.36. The average molecular weight is 415 g/mol. The van der Waals surface area contributed by atoms with Crippen LogP contribution in [0, 0.1) is 12.7 Å². The van der Waals surface area contributed by atoms with Crippen molar-refractivity contribution in [2.45, 2.75) is 11.8 Å². The highest BCUT2D eigenvalue weighted by molar-refractivity contribution is 9.10. The fraction of sp³-hybridized carbons (Fsp3) is 0.188. The van der Waals surface area contributed by atoms with Crippen molar-refractivity contribution in [3.8, 4) is 0 Å². The minimum absolute atomic E-state index is 0.0861. The molecule has 0 spiro atoms. The number of likely N-dealkylation sites (N-methyl/N-ethyl adjacent to an activating group) is 1. The zero-order chi connectivity index (χ0) is 17.9. The van der Waals surface area contributed by atoms with E-state index in [0.29, 0.717) is 11.3 Å². The molecule has 0 aliphatic carbocycles. The molecule has 0 fully saturated rings. The first-order valence-corrected chi connectivity index (χ1v) is 9.21. The first-order valence-electron chi connectivity index (χ1n) is 6.98. The molecule has 0 radical (unpaired) electrons. The van der Waals surface area contributed by atoms with E-state index in [1.54, 1.807) is 19.1 Å². The number of amides is 1.